The second-order valence-electron chi connectivity index (χ2n) is 6.78. The van der Waals surface area contributed by atoms with Gasteiger partial charge in [0, 0.05) is 37.7 Å². The fourth-order valence-corrected chi connectivity index (χ4v) is 3.77. The van der Waals surface area contributed by atoms with Crippen molar-refractivity contribution in [3.05, 3.63) is 75.6 Å². The number of nitro benzene ring substituents is 1. The van der Waals surface area contributed by atoms with Crippen molar-refractivity contribution >= 4 is 23.5 Å². The van der Waals surface area contributed by atoms with Crippen molar-refractivity contribution in [2.75, 3.05) is 14.1 Å². The molecule has 0 aliphatic heterocycles. The van der Waals surface area contributed by atoms with Crippen LogP contribution in [0.25, 0.3) is 5.69 Å². The molecule has 156 valence electrons. The molecular weight excluding hydrogens is 404 g/mol. The van der Waals surface area contributed by atoms with Crippen LogP contribution in [-0.4, -0.2) is 44.7 Å². The topological polar surface area (TPSA) is 106 Å². The van der Waals surface area contributed by atoms with Crippen molar-refractivity contribution in [1.82, 2.24) is 25.0 Å². The summed E-state index contributed by atoms with van der Waals surface area (Å²) in [7, 11) is 3.31. The van der Waals surface area contributed by atoms with E-state index >= 15 is 0 Å². The number of thioether (sulfide) groups is 1. The molecule has 3 aromatic rings. The number of rotatable bonds is 7. The van der Waals surface area contributed by atoms with Crippen LogP contribution in [0.15, 0.2) is 53.7 Å². The Morgan fingerprint density at radius 2 is 1.87 bits per heavy atom. The zero-order valence-electron chi connectivity index (χ0n) is 16.9. The summed E-state index contributed by atoms with van der Waals surface area (Å²) in [6.07, 6.45) is 0. The van der Waals surface area contributed by atoms with Gasteiger partial charge in [-0.15, -0.1) is 10.2 Å². The van der Waals surface area contributed by atoms with Crippen LogP contribution in [0.4, 0.5) is 10.5 Å². The molecule has 0 spiro atoms. The zero-order valence-corrected chi connectivity index (χ0v) is 17.7. The minimum absolute atomic E-state index is 0.00315. The van der Waals surface area contributed by atoms with Crippen LogP contribution in [0.3, 0.4) is 0 Å². The summed E-state index contributed by atoms with van der Waals surface area (Å²) in [6.45, 7) is 2.23. The Morgan fingerprint density at radius 1 is 1.17 bits per heavy atom. The lowest BCUT2D eigenvalue weighted by Gasteiger charge is -2.13. The minimum atomic E-state index is -0.442. The lowest BCUT2D eigenvalue weighted by molar-refractivity contribution is -0.384. The number of benzene rings is 2. The Morgan fingerprint density at radius 3 is 2.50 bits per heavy atom. The largest absolute Gasteiger partial charge is 0.331 e. The molecule has 0 saturated heterocycles. The highest BCUT2D eigenvalue weighted by Crippen LogP contribution is 2.27. The first-order valence-corrected chi connectivity index (χ1v) is 10.2. The van der Waals surface area contributed by atoms with E-state index in [1.54, 1.807) is 26.2 Å². The second-order valence-corrected chi connectivity index (χ2v) is 7.72. The summed E-state index contributed by atoms with van der Waals surface area (Å²) in [6, 6.07) is 14.0. The van der Waals surface area contributed by atoms with Crippen LogP contribution in [0.2, 0.25) is 0 Å². The molecule has 0 radical (unpaired) electrons. The smallest absolute Gasteiger partial charge is 0.317 e. The number of non-ortho nitro benzene ring substituents is 1. The maximum absolute atomic E-state index is 11.9. The third-order valence-corrected chi connectivity index (χ3v) is 5.42. The molecular formula is C20H22N6O3S. The van der Waals surface area contributed by atoms with E-state index < -0.39 is 4.92 Å². The average Bonchev–Trinajstić information content (AvgIpc) is 3.14. The normalized spacial score (nSPS) is 10.6. The number of urea groups is 1. The summed E-state index contributed by atoms with van der Waals surface area (Å²) in [5.41, 5.74) is 3.06. The van der Waals surface area contributed by atoms with E-state index in [2.05, 4.69) is 34.6 Å². The van der Waals surface area contributed by atoms with E-state index in [9.17, 15) is 14.9 Å². The quantitative estimate of drug-likeness (QED) is 0.352. The van der Waals surface area contributed by atoms with Gasteiger partial charge < -0.3 is 10.2 Å². The number of amides is 2. The summed E-state index contributed by atoms with van der Waals surface area (Å²) < 4.78 is 1.81. The highest BCUT2D eigenvalue weighted by Gasteiger charge is 2.17. The van der Waals surface area contributed by atoms with E-state index in [1.165, 1.54) is 39.9 Å². The fourth-order valence-electron chi connectivity index (χ4n) is 2.72. The van der Waals surface area contributed by atoms with Crippen molar-refractivity contribution in [3.63, 3.8) is 0 Å². The number of nitro groups is 1. The molecule has 0 aliphatic carbocycles. The summed E-state index contributed by atoms with van der Waals surface area (Å²) in [5, 5.41) is 22.9. The minimum Gasteiger partial charge on any atom is -0.331 e. The molecule has 0 fully saturated rings. The Hall–Kier alpha value is -3.40. The Kier molecular flexibility index (Phi) is 6.68. The van der Waals surface area contributed by atoms with Gasteiger partial charge in [-0.25, -0.2) is 4.79 Å². The molecule has 1 heterocycles. The van der Waals surface area contributed by atoms with Crippen LogP contribution in [0, 0.1) is 17.0 Å². The molecule has 1 N–H and O–H groups in total. The van der Waals surface area contributed by atoms with Crippen molar-refractivity contribution in [3.8, 4) is 5.69 Å². The monoisotopic (exact) mass is 426 g/mol. The molecule has 0 unspecified atom stereocenters. The SMILES string of the molecule is Cc1ccccc1CSc1nnc(CNC(=O)N(C)C)n1-c1ccc([N+](=O)[O-])cc1. The highest BCUT2D eigenvalue weighted by atomic mass is 32.2. The van der Waals surface area contributed by atoms with E-state index in [1.807, 2.05) is 16.7 Å². The number of hydrogen-bond donors (Lipinski definition) is 1. The van der Waals surface area contributed by atoms with Crippen molar-refractivity contribution in [2.45, 2.75) is 24.4 Å². The Labute approximate surface area is 178 Å². The van der Waals surface area contributed by atoms with Crippen molar-refractivity contribution in [2.24, 2.45) is 0 Å². The van der Waals surface area contributed by atoms with Crippen LogP contribution < -0.4 is 5.32 Å². The standard InChI is InChI=1S/C20H22N6O3S/c1-14-6-4-5-7-15(14)13-30-20-23-22-18(12-21-19(27)24(2)3)25(20)16-8-10-17(11-9-16)26(28)29/h4-11H,12-13H2,1-3H3,(H,21,27). The molecule has 10 heteroatoms. The van der Waals surface area contributed by atoms with Gasteiger partial charge in [-0.2, -0.15) is 0 Å². The molecule has 2 aromatic carbocycles. The first-order chi connectivity index (χ1) is 14.4. The van der Waals surface area contributed by atoms with E-state index in [-0.39, 0.29) is 18.3 Å². The summed E-state index contributed by atoms with van der Waals surface area (Å²) in [4.78, 5) is 23.9. The van der Waals surface area contributed by atoms with Crippen LogP contribution in [0.1, 0.15) is 17.0 Å². The van der Waals surface area contributed by atoms with Crippen molar-refractivity contribution < 1.29 is 9.72 Å². The zero-order chi connectivity index (χ0) is 21.7. The lowest BCUT2D eigenvalue weighted by atomic mass is 10.1. The van der Waals surface area contributed by atoms with Gasteiger partial charge in [-0.1, -0.05) is 36.0 Å². The summed E-state index contributed by atoms with van der Waals surface area (Å²) >= 11 is 1.51. The second kappa shape index (κ2) is 9.40. The first-order valence-electron chi connectivity index (χ1n) is 9.18. The highest BCUT2D eigenvalue weighted by molar-refractivity contribution is 7.98. The van der Waals surface area contributed by atoms with Gasteiger partial charge in [-0.3, -0.25) is 14.7 Å². The number of nitrogens with one attached hydrogen (secondary N) is 1. The van der Waals surface area contributed by atoms with E-state index in [0.29, 0.717) is 22.4 Å². The maximum atomic E-state index is 11.9. The van der Waals surface area contributed by atoms with Gasteiger partial charge >= 0.3 is 6.03 Å². The lowest BCUT2D eigenvalue weighted by Crippen LogP contribution is -2.34. The van der Waals surface area contributed by atoms with Crippen LogP contribution >= 0.6 is 11.8 Å². The Bertz CT molecular complexity index is 1050. The molecule has 0 saturated carbocycles. The Balaban J connectivity index is 1.90. The fraction of sp³-hybridized carbons (Fsp3) is 0.250. The number of hydrogen-bond acceptors (Lipinski definition) is 6. The van der Waals surface area contributed by atoms with Crippen LogP contribution in [0.5, 0.6) is 0 Å². The number of nitrogens with zero attached hydrogens (tertiary/aromatic N) is 5. The average molecular weight is 427 g/mol. The number of carbonyl (C=O) groups excluding carboxylic acids is 1. The predicted octanol–water partition coefficient (Wildman–Crippen LogP) is 3.55. The third-order valence-electron chi connectivity index (χ3n) is 4.44. The van der Waals surface area contributed by atoms with Crippen molar-refractivity contribution in [1.29, 1.82) is 0 Å². The third kappa shape index (κ3) is 4.95. The van der Waals surface area contributed by atoms with Gasteiger partial charge in [-0.05, 0) is 30.2 Å². The molecule has 1 aromatic heterocycles. The van der Waals surface area contributed by atoms with Gasteiger partial charge in [0.05, 0.1) is 11.5 Å². The molecule has 0 bridgehead atoms. The maximum Gasteiger partial charge on any atom is 0.317 e. The van der Waals surface area contributed by atoms with Gasteiger partial charge in [0.1, 0.15) is 0 Å². The molecule has 9 nitrogen and oxygen atoms in total. The van der Waals surface area contributed by atoms with Crippen LogP contribution in [-0.2, 0) is 12.3 Å². The molecule has 3 rings (SSSR count). The van der Waals surface area contributed by atoms with Gasteiger partial charge in [0.25, 0.3) is 5.69 Å². The first kappa shape index (κ1) is 21.3. The van der Waals surface area contributed by atoms with E-state index in [0.717, 1.165) is 0 Å². The predicted molar refractivity (Wildman–Crippen MR) is 115 cm³/mol. The van der Waals surface area contributed by atoms with Gasteiger partial charge in [0.2, 0.25) is 0 Å². The molecule has 0 aliphatic rings. The van der Waals surface area contributed by atoms with Gasteiger partial charge in [0.15, 0.2) is 11.0 Å². The number of aromatic nitrogens is 3. The molecule has 0 atom stereocenters. The summed E-state index contributed by atoms with van der Waals surface area (Å²) in [5.74, 6) is 1.23. The molecule has 30 heavy (non-hydrogen) atoms. The van der Waals surface area contributed by atoms with E-state index in [4.69, 9.17) is 0 Å². The number of aryl methyl sites for hydroxylation is 1. The molecule has 2 amide bonds. The number of carbonyl (C=O) groups is 1.